The molecule has 0 bridgehead atoms. The number of esters is 1. The van der Waals surface area contributed by atoms with Crippen molar-refractivity contribution in [3.63, 3.8) is 0 Å². The normalized spacial score (nSPS) is 21.9. The lowest BCUT2D eigenvalue weighted by Crippen LogP contribution is -2.19. The number of ether oxygens (including phenoxy) is 1. The molecule has 1 aliphatic carbocycles. The lowest BCUT2D eigenvalue weighted by atomic mass is 9.87. The molecule has 168 valence electrons. The summed E-state index contributed by atoms with van der Waals surface area (Å²) in [7, 11) is 0. The molecule has 0 aromatic heterocycles. The number of unbranched alkanes of at least 4 members (excludes halogenated alkanes) is 5. The molecule has 29 heavy (non-hydrogen) atoms. The second-order valence-electron chi connectivity index (χ2n) is 8.95. The highest BCUT2D eigenvalue weighted by atomic mass is 16.5. The van der Waals surface area contributed by atoms with E-state index in [0.717, 1.165) is 51.4 Å². The number of aliphatic hydroxyl groups excluding tert-OH is 1. The molecule has 0 aromatic rings. The van der Waals surface area contributed by atoms with Gasteiger partial charge in [0.1, 0.15) is 5.78 Å². The molecular weight excluding hydrogens is 364 g/mol. The highest BCUT2D eigenvalue weighted by molar-refractivity contribution is 5.78. The SMILES string of the molecule is CCCCCCCC(=O)CCC1CCC(O)C1CC=CCCCC(=O)OC(C)C. The standard InChI is InChI=1S/C25H44O4/c1-4-5-6-7-10-13-22(26)18-16-21-17-19-24(27)23(21)14-11-8-9-12-15-25(28)29-20(2)3/h8,11,20-21,23-24,27H,4-7,9-10,12-19H2,1-3H3. The van der Waals surface area contributed by atoms with Crippen molar-refractivity contribution in [2.75, 3.05) is 0 Å². The summed E-state index contributed by atoms with van der Waals surface area (Å²) >= 11 is 0. The van der Waals surface area contributed by atoms with E-state index < -0.39 is 0 Å². The first-order valence-corrected chi connectivity index (χ1v) is 12.0. The summed E-state index contributed by atoms with van der Waals surface area (Å²) in [5.74, 6) is 0.995. The molecule has 0 spiro atoms. The summed E-state index contributed by atoms with van der Waals surface area (Å²) in [6.07, 6.45) is 17.1. The van der Waals surface area contributed by atoms with E-state index in [1.54, 1.807) is 0 Å². The van der Waals surface area contributed by atoms with Crippen LogP contribution in [0.3, 0.4) is 0 Å². The molecule has 0 amide bonds. The van der Waals surface area contributed by atoms with E-state index in [0.29, 0.717) is 24.5 Å². The topological polar surface area (TPSA) is 63.6 Å². The third-order valence-corrected chi connectivity index (χ3v) is 5.98. The molecule has 0 saturated heterocycles. The number of hydrogen-bond donors (Lipinski definition) is 1. The summed E-state index contributed by atoms with van der Waals surface area (Å²) in [4.78, 5) is 23.7. The average Bonchev–Trinajstić information content (AvgIpc) is 3.02. The zero-order valence-electron chi connectivity index (χ0n) is 19.0. The van der Waals surface area contributed by atoms with Crippen molar-refractivity contribution in [3.05, 3.63) is 12.2 Å². The van der Waals surface area contributed by atoms with Crippen LogP contribution in [0.5, 0.6) is 0 Å². The fraction of sp³-hybridized carbons (Fsp3) is 0.840. The first-order chi connectivity index (χ1) is 13.9. The number of ketones is 1. The summed E-state index contributed by atoms with van der Waals surface area (Å²) in [5, 5.41) is 10.3. The predicted octanol–water partition coefficient (Wildman–Crippen LogP) is 6.15. The lowest BCUT2D eigenvalue weighted by molar-refractivity contribution is -0.147. The number of Topliss-reactive ketones (excluding diaryl/α,β-unsaturated/α-hetero) is 1. The highest BCUT2D eigenvalue weighted by Gasteiger charge is 2.33. The van der Waals surface area contributed by atoms with Crippen molar-refractivity contribution in [2.24, 2.45) is 11.8 Å². The van der Waals surface area contributed by atoms with Gasteiger partial charge in [-0.3, -0.25) is 9.59 Å². The molecular formula is C25H44O4. The molecule has 3 atom stereocenters. The maximum Gasteiger partial charge on any atom is 0.306 e. The molecule has 4 nitrogen and oxygen atoms in total. The minimum Gasteiger partial charge on any atom is -0.463 e. The highest BCUT2D eigenvalue weighted by Crippen LogP contribution is 2.37. The van der Waals surface area contributed by atoms with Gasteiger partial charge in [-0.15, -0.1) is 0 Å². The Labute approximate surface area is 178 Å². The Hall–Kier alpha value is -1.16. The van der Waals surface area contributed by atoms with Crippen molar-refractivity contribution in [1.29, 1.82) is 0 Å². The molecule has 4 heteroatoms. The molecule has 0 radical (unpaired) electrons. The number of aliphatic hydroxyl groups is 1. The van der Waals surface area contributed by atoms with Crippen LogP contribution in [0.4, 0.5) is 0 Å². The van der Waals surface area contributed by atoms with Gasteiger partial charge in [-0.25, -0.2) is 0 Å². The van der Waals surface area contributed by atoms with Gasteiger partial charge in [0.05, 0.1) is 12.2 Å². The average molecular weight is 409 g/mol. The number of carbonyl (C=O) groups excluding carboxylic acids is 2. The zero-order valence-corrected chi connectivity index (χ0v) is 19.0. The second kappa shape index (κ2) is 15.6. The number of allylic oxidation sites excluding steroid dienone is 2. The van der Waals surface area contributed by atoms with Gasteiger partial charge < -0.3 is 9.84 Å². The number of hydrogen-bond acceptors (Lipinski definition) is 4. The Morgan fingerprint density at radius 2 is 1.76 bits per heavy atom. The summed E-state index contributed by atoms with van der Waals surface area (Å²) in [6.45, 7) is 5.93. The van der Waals surface area contributed by atoms with Crippen molar-refractivity contribution < 1.29 is 19.4 Å². The van der Waals surface area contributed by atoms with Crippen LogP contribution in [0.15, 0.2) is 12.2 Å². The van der Waals surface area contributed by atoms with E-state index in [1.165, 1.54) is 25.7 Å². The van der Waals surface area contributed by atoms with Crippen molar-refractivity contribution in [2.45, 2.75) is 123 Å². The minimum absolute atomic E-state index is 0.0493. The van der Waals surface area contributed by atoms with Crippen LogP contribution in [0.25, 0.3) is 0 Å². The Morgan fingerprint density at radius 3 is 2.48 bits per heavy atom. The van der Waals surface area contributed by atoms with Gasteiger partial charge in [-0.1, -0.05) is 44.8 Å². The molecule has 1 N–H and O–H groups in total. The van der Waals surface area contributed by atoms with Gasteiger partial charge in [0.25, 0.3) is 0 Å². The molecule has 1 fully saturated rings. The maximum absolute atomic E-state index is 12.2. The third-order valence-electron chi connectivity index (χ3n) is 5.98. The fourth-order valence-corrected chi connectivity index (χ4v) is 4.29. The molecule has 0 heterocycles. The first kappa shape index (κ1) is 25.9. The summed E-state index contributed by atoms with van der Waals surface area (Å²) in [5.41, 5.74) is 0. The maximum atomic E-state index is 12.2. The molecule has 3 unspecified atom stereocenters. The Balaban J connectivity index is 2.21. The van der Waals surface area contributed by atoms with Gasteiger partial charge in [0.2, 0.25) is 0 Å². The van der Waals surface area contributed by atoms with Crippen molar-refractivity contribution in [1.82, 2.24) is 0 Å². The first-order valence-electron chi connectivity index (χ1n) is 12.0. The van der Waals surface area contributed by atoms with E-state index >= 15 is 0 Å². The molecule has 1 saturated carbocycles. The Bertz CT molecular complexity index is 483. The van der Waals surface area contributed by atoms with Gasteiger partial charge in [0, 0.05) is 19.3 Å². The number of rotatable bonds is 16. The molecule has 1 aliphatic rings. The smallest absolute Gasteiger partial charge is 0.306 e. The minimum atomic E-state index is -0.241. The van der Waals surface area contributed by atoms with Gasteiger partial charge in [-0.2, -0.15) is 0 Å². The van der Waals surface area contributed by atoms with Gasteiger partial charge in [0.15, 0.2) is 0 Å². The van der Waals surface area contributed by atoms with Crippen LogP contribution in [0.1, 0.15) is 111 Å². The lowest BCUT2D eigenvalue weighted by Gasteiger charge is -2.20. The Morgan fingerprint density at radius 1 is 1.00 bits per heavy atom. The third kappa shape index (κ3) is 12.2. The number of carbonyl (C=O) groups is 2. The predicted molar refractivity (Wildman–Crippen MR) is 119 cm³/mol. The van der Waals surface area contributed by atoms with Crippen molar-refractivity contribution >= 4 is 11.8 Å². The Kier molecular flexibility index (Phi) is 14.0. The van der Waals surface area contributed by atoms with E-state index in [1.807, 2.05) is 13.8 Å². The van der Waals surface area contributed by atoms with E-state index in [-0.39, 0.29) is 24.1 Å². The molecule has 0 aromatic carbocycles. The van der Waals surface area contributed by atoms with E-state index in [9.17, 15) is 14.7 Å². The molecule has 1 rings (SSSR count). The van der Waals surface area contributed by atoms with Crippen LogP contribution in [-0.2, 0) is 14.3 Å². The largest absolute Gasteiger partial charge is 0.463 e. The van der Waals surface area contributed by atoms with Gasteiger partial charge >= 0.3 is 5.97 Å². The van der Waals surface area contributed by atoms with Crippen LogP contribution in [0.2, 0.25) is 0 Å². The quantitative estimate of drug-likeness (QED) is 0.189. The van der Waals surface area contributed by atoms with Crippen LogP contribution >= 0.6 is 0 Å². The second-order valence-corrected chi connectivity index (χ2v) is 8.95. The monoisotopic (exact) mass is 408 g/mol. The van der Waals surface area contributed by atoms with Gasteiger partial charge in [-0.05, 0) is 70.6 Å². The van der Waals surface area contributed by atoms with Crippen LogP contribution < -0.4 is 0 Å². The zero-order chi connectivity index (χ0) is 21.5. The summed E-state index contributed by atoms with van der Waals surface area (Å²) in [6, 6.07) is 0. The van der Waals surface area contributed by atoms with E-state index in [4.69, 9.17) is 4.74 Å². The van der Waals surface area contributed by atoms with Crippen LogP contribution in [-0.4, -0.2) is 29.1 Å². The van der Waals surface area contributed by atoms with Crippen LogP contribution in [0, 0.1) is 11.8 Å². The molecule has 0 aliphatic heterocycles. The summed E-state index contributed by atoms with van der Waals surface area (Å²) < 4.78 is 5.13. The fourth-order valence-electron chi connectivity index (χ4n) is 4.29. The van der Waals surface area contributed by atoms with E-state index in [2.05, 4.69) is 19.1 Å². The van der Waals surface area contributed by atoms with Crippen molar-refractivity contribution in [3.8, 4) is 0 Å².